The van der Waals surface area contributed by atoms with E-state index in [0.29, 0.717) is 0 Å². The van der Waals surface area contributed by atoms with E-state index in [2.05, 4.69) is 50.3 Å². The molecule has 2 aromatic rings. The summed E-state index contributed by atoms with van der Waals surface area (Å²) in [6, 6.07) is 10.9. The molecule has 98 valence electrons. The molecule has 1 aliphatic rings. The smallest absolute Gasteiger partial charge is 0.130 e. The summed E-state index contributed by atoms with van der Waals surface area (Å²) in [5.41, 5.74) is 5.60. The first-order valence-electron chi connectivity index (χ1n) is 7.22. The summed E-state index contributed by atoms with van der Waals surface area (Å²) in [4.78, 5) is 0. The number of hydrogen-bond donors (Lipinski definition) is 0. The molecule has 0 saturated carbocycles. The molecule has 1 aromatic carbocycles. The van der Waals surface area contributed by atoms with E-state index in [9.17, 15) is 0 Å². The first-order valence-corrected chi connectivity index (χ1v) is 7.22. The average Bonchev–Trinajstić information content (AvgIpc) is 3.04. The van der Waals surface area contributed by atoms with Crippen molar-refractivity contribution in [1.29, 1.82) is 0 Å². The zero-order valence-electron chi connectivity index (χ0n) is 11.7. The standard InChI is InChI=1S/C18H20O/c1-3-6-16-9-10-18(19-16)15-11-14-8-5-7-13(4-2)17(14)12-15/h5,7-10,12H,3-4,6,11H2,1-2H3. The van der Waals surface area contributed by atoms with Crippen LogP contribution in [0.25, 0.3) is 11.6 Å². The Kier molecular flexibility index (Phi) is 3.29. The van der Waals surface area contributed by atoms with E-state index in [-0.39, 0.29) is 0 Å². The molecule has 1 aromatic heterocycles. The van der Waals surface area contributed by atoms with Crippen LogP contribution in [0, 0.1) is 0 Å². The van der Waals surface area contributed by atoms with Gasteiger partial charge in [0.15, 0.2) is 0 Å². The predicted molar refractivity (Wildman–Crippen MR) is 80.1 cm³/mol. The van der Waals surface area contributed by atoms with E-state index in [4.69, 9.17) is 4.42 Å². The molecule has 0 unspecified atom stereocenters. The maximum absolute atomic E-state index is 5.94. The van der Waals surface area contributed by atoms with E-state index in [0.717, 1.165) is 37.2 Å². The van der Waals surface area contributed by atoms with Gasteiger partial charge in [0.1, 0.15) is 11.5 Å². The molecule has 1 heterocycles. The van der Waals surface area contributed by atoms with Gasteiger partial charge < -0.3 is 4.42 Å². The predicted octanol–water partition coefficient (Wildman–Crippen LogP) is 4.89. The second-order valence-corrected chi connectivity index (χ2v) is 5.21. The number of fused-ring (bicyclic) bond motifs is 1. The molecule has 0 amide bonds. The first-order chi connectivity index (χ1) is 9.31. The third-order valence-electron chi connectivity index (χ3n) is 3.84. The van der Waals surface area contributed by atoms with E-state index < -0.39 is 0 Å². The van der Waals surface area contributed by atoms with Crippen LogP contribution in [0.2, 0.25) is 0 Å². The fourth-order valence-corrected chi connectivity index (χ4v) is 2.83. The Morgan fingerprint density at radius 2 is 2.00 bits per heavy atom. The van der Waals surface area contributed by atoms with Gasteiger partial charge in [-0.3, -0.25) is 0 Å². The van der Waals surface area contributed by atoms with Crippen molar-refractivity contribution in [2.24, 2.45) is 0 Å². The van der Waals surface area contributed by atoms with Crippen molar-refractivity contribution >= 4 is 11.6 Å². The van der Waals surface area contributed by atoms with Crippen LogP contribution in [0.5, 0.6) is 0 Å². The highest BCUT2D eigenvalue weighted by molar-refractivity contribution is 5.88. The van der Waals surface area contributed by atoms with Crippen molar-refractivity contribution < 1.29 is 4.42 Å². The zero-order valence-corrected chi connectivity index (χ0v) is 11.7. The van der Waals surface area contributed by atoms with Crippen molar-refractivity contribution in [3.8, 4) is 0 Å². The van der Waals surface area contributed by atoms with Crippen molar-refractivity contribution in [2.75, 3.05) is 0 Å². The molecule has 19 heavy (non-hydrogen) atoms. The molecule has 1 nitrogen and oxygen atoms in total. The quantitative estimate of drug-likeness (QED) is 0.755. The van der Waals surface area contributed by atoms with Crippen LogP contribution in [0.1, 0.15) is 48.5 Å². The third-order valence-corrected chi connectivity index (χ3v) is 3.84. The third kappa shape index (κ3) is 2.25. The molecule has 0 N–H and O–H groups in total. The lowest BCUT2D eigenvalue weighted by molar-refractivity contribution is 0.495. The van der Waals surface area contributed by atoms with E-state index in [1.54, 1.807) is 0 Å². The van der Waals surface area contributed by atoms with Crippen molar-refractivity contribution in [3.05, 3.63) is 58.5 Å². The van der Waals surface area contributed by atoms with Crippen molar-refractivity contribution in [3.63, 3.8) is 0 Å². The Labute approximate surface area is 115 Å². The first kappa shape index (κ1) is 12.3. The normalized spacial score (nSPS) is 13.5. The molecule has 0 saturated heterocycles. The lowest BCUT2D eigenvalue weighted by Crippen LogP contribution is -1.88. The summed E-state index contributed by atoms with van der Waals surface area (Å²) >= 11 is 0. The second kappa shape index (κ2) is 5.08. The summed E-state index contributed by atoms with van der Waals surface area (Å²) in [5.74, 6) is 2.15. The van der Waals surface area contributed by atoms with Gasteiger partial charge in [0.05, 0.1) is 0 Å². The fourth-order valence-electron chi connectivity index (χ4n) is 2.83. The Morgan fingerprint density at radius 3 is 2.79 bits per heavy atom. The van der Waals surface area contributed by atoms with Gasteiger partial charge in [-0.15, -0.1) is 0 Å². The molecule has 1 heteroatoms. The van der Waals surface area contributed by atoms with Gasteiger partial charge in [0.2, 0.25) is 0 Å². The summed E-state index contributed by atoms with van der Waals surface area (Å²) in [6.07, 6.45) is 6.56. The molecular formula is C18H20O. The number of allylic oxidation sites excluding steroid dienone is 1. The molecule has 0 atom stereocenters. The maximum Gasteiger partial charge on any atom is 0.130 e. The van der Waals surface area contributed by atoms with Crippen LogP contribution < -0.4 is 0 Å². The molecular weight excluding hydrogens is 232 g/mol. The second-order valence-electron chi connectivity index (χ2n) is 5.21. The van der Waals surface area contributed by atoms with Crippen LogP contribution >= 0.6 is 0 Å². The summed E-state index contributed by atoms with van der Waals surface area (Å²) in [7, 11) is 0. The lowest BCUT2D eigenvalue weighted by Gasteiger charge is -2.03. The van der Waals surface area contributed by atoms with E-state index >= 15 is 0 Å². The van der Waals surface area contributed by atoms with Gasteiger partial charge >= 0.3 is 0 Å². The highest BCUT2D eigenvalue weighted by atomic mass is 16.3. The molecule has 0 fully saturated rings. The van der Waals surface area contributed by atoms with Crippen molar-refractivity contribution in [2.45, 2.75) is 39.5 Å². The topological polar surface area (TPSA) is 13.1 Å². The number of aryl methyl sites for hydroxylation is 2. The number of benzene rings is 1. The van der Waals surface area contributed by atoms with Crippen LogP contribution in [-0.2, 0) is 19.3 Å². The largest absolute Gasteiger partial charge is 0.461 e. The summed E-state index contributed by atoms with van der Waals surface area (Å²) < 4.78 is 5.94. The van der Waals surface area contributed by atoms with Gasteiger partial charge in [-0.1, -0.05) is 32.0 Å². The van der Waals surface area contributed by atoms with E-state index in [1.165, 1.54) is 22.3 Å². The number of hydrogen-bond acceptors (Lipinski definition) is 1. The molecule has 3 rings (SSSR count). The van der Waals surface area contributed by atoms with Gasteiger partial charge in [-0.2, -0.15) is 0 Å². The fraction of sp³-hybridized carbons (Fsp3) is 0.333. The monoisotopic (exact) mass is 252 g/mol. The molecule has 0 radical (unpaired) electrons. The van der Waals surface area contributed by atoms with Gasteiger partial charge in [-0.25, -0.2) is 0 Å². The highest BCUT2D eigenvalue weighted by Crippen LogP contribution is 2.34. The van der Waals surface area contributed by atoms with E-state index in [1.807, 2.05) is 0 Å². The Morgan fingerprint density at radius 1 is 1.11 bits per heavy atom. The zero-order chi connectivity index (χ0) is 13.2. The van der Waals surface area contributed by atoms with Crippen LogP contribution in [0.3, 0.4) is 0 Å². The minimum absolute atomic E-state index is 1.00. The Balaban J connectivity index is 1.92. The minimum Gasteiger partial charge on any atom is -0.461 e. The highest BCUT2D eigenvalue weighted by Gasteiger charge is 2.18. The summed E-state index contributed by atoms with van der Waals surface area (Å²) in [6.45, 7) is 4.40. The number of furan rings is 1. The summed E-state index contributed by atoms with van der Waals surface area (Å²) in [5, 5.41) is 0. The maximum atomic E-state index is 5.94. The van der Waals surface area contributed by atoms with Crippen LogP contribution in [0.4, 0.5) is 0 Å². The molecule has 0 aliphatic heterocycles. The van der Waals surface area contributed by atoms with Crippen LogP contribution in [0.15, 0.2) is 34.7 Å². The van der Waals surface area contributed by atoms with Gasteiger partial charge in [0, 0.05) is 12.8 Å². The molecule has 1 aliphatic carbocycles. The minimum atomic E-state index is 1.00. The van der Waals surface area contributed by atoms with Gasteiger partial charge in [-0.05, 0) is 53.3 Å². The SMILES string of the molecule is CCCc1ccc(C2=Cc3c(CC)cccc3C2)o1. The molecule has 0 spiro atoms. The van der Waals surface area contributed by atoms with Crippen LogP contribution in [-0.4, -0.2) is 0 Å². The van der Waals surface area contributed by atoms with Gasteiger partial charge in [0.25, 0.3) is 0 Å². The Bertz CT molecular complexity index is 616. The Hall–Kier alpha value is -1.76. The molecule has 0 bridgehead atoms. The van der Waals surface area contributed by atoms with Crippen molar-refractivity contribution in [1.82, 2.24) is 0 Å². The lowest BCUT2D eigenvalue weighted by atomic mass is 10.0. The average molecular weight is 252 g/mol. The number of rotatable bonds is 4.